The summed E-state index contributed by atoms with van der Waals surface area (Å²) < 4.78 is 10.4. The Balaban J connectivity index is 1.81. The van der Waals surface area contributed by atoms with Crippen molar-refractivity contribution in [2.75, 3.05) is 44.8 Å². The van der Waals surface area contributed by atoms with Crippen LogP contribution in [0.15, 0.2) is 24.3 Å². The summed E-state index contributed by atoms with van der Waals surface area (Å²) in [6.07, 6.45) is 0. The van der Waals surface area contributed by atoms with Gasteiger partial charge in [-0.1, -0.05) is 13.8 Å². The van der Waals surface area contributed by atoms with Crippen molar-refractivity contribution < 1.29 is 19.1 Å². The highest BCUT2D eigenvalue weighted by molar-refractivity contribution is 5.94. The van der Waals surface area contributed by atoms with Crippen LogP contribution in [0.25, 0.3) is 0 Å². The number of carbonyl (C=O) groups excluding carboxylic acids is 2. The van der Waals surface area contributed by atoms with E-state index >= 15 is 0 Å². The van der Waals surface area contributed by atoms with Gasteiger partial charge >= 0.3 is 5.97 Å². The first-order valence-corrected chi connectivity index (χ1v) is 7.91. The Bertz CT molecular complexity index is 522. The standard InChI is InChI=1S/C17H24N2O4/c1-13(2)12-23-17(21)14-3-5-15(6-4-14)18-16(20)11-19-7-9-22-10-8-19/h3-6,13H,7-12H2,1-2H3,(H,18,20). The Morgan fingerprint density at radius 3 is 2.48 bits per heavy atom. The fourth-order valence-corrected chi connectivity index (χ4v) is 2.18. The van der Waals surface area contributed by atoms with Crippen LogP contribution in [0.2, 0.25) is 0 Å². The lowest BCUT2D eigenvalue weighted by atomic mass is 10.2. The largest absolute Gasteiger partial charge is 0.462 e. The van der Waals surface area contributed by atoms with Gasteiger partial charge in [0.1, 0.15) is 0 Å². The minimum absolute atomic E-state index is 0.0676. The number of rotatable bonds is 6. The summed E-state index contributed by atoms with van der Waals surface area (Å²) in [5.74, 6) is -0.107. The van der Waals surface area contributed by atoms with E-state index in [0.29, 0.717) is 43.5 Å². The first-order chi connectivity index (χ1) is 11.0. The third-order valence-electron chi connectivity index (χ3n) is 3.42. The molecule has 0 aromatic heterocycles. The van der Waals surface area contributed by atoms with Crippen molar-refractivity contribution in [2.45, 2.75) is 13.8 Å². The molecule has 0 radical (unpaired) electrons. The maximum Gasteiger partial charge on any atom is 0.338 e. The number of carbonyl (C=O) groups is 2. The molecule has 1 aromatic carbocycles. The normalized spacial score (nSPS) is 15.4. The second kappa shape index (κ2) is 8.64. The summed E-state index contributed by atoms with van der Waals surface area (Å²) in [7, 11) is 0. The topological polar surface area (TPSA) is 67.9 Å². The maximum atomic E-state index is 12.0. The summed E-state index contributed by atoms with van der Waals surface area (Å²) in [6, 6.07) is 6.74. The highest BCUT2D eigenvalue weighted by Gasteiger charge is 2.14. The van der Waals surface area contributed by atoms with Gasteiger partial charge in [0.2, 0.25) is 5.91 Å². The maximum absolute atomic E-state index is 12.0. The van der Waals surface area contributed by atoms with Crippen LogP contribution in [0, 0.1) is 5.92 Å². The van der Waals surface area contributed by atoms with Crippen molar-refractivity contribution in [1.82, 2.24) is 4.90 Å². The predicted octanol–water partition coefficient (Wildman–Crippen LogP) is 1.77. The summed E-state index contributed by atoms with van der Waals surface area (Å²) in [4.78, 5) is 25.9. The zero-order valence-corrected chi connectivity index (χ0v) is 13.7. The fraction of sp³-hybridized carbons (Fsp3) is 0.529. The molecule has 0 aliphatic carbocycles. The first-order valence-electron chi connectivity index (χ1n) is 7.91. The van der Waals surface area contributed by atoms with E-state index in [1.54, 1.807) is 24.3 Å². The highest BCUT2D eigenvalue weighted by Crippen LogP contribution is 2.11. The van der Waals surface area contributed by atoms with E-state index in [-0.39, 0.29) is 11.9 Å². The van der Waals surface area contributed by atoms with Crippen molar-refractivity contribution in [3.63, 3.8) is 0 Å². The number of nitrogens with zero attached hydrogens (tertiary/aromatic N) is 1. The molecule has 1 fully saturated rings. The van der Waals surface area contributed by atoms with Crippen molar-refractivity contribution in [3.05, 3.63) is 29.8 Å². The van der Waals surface area contributed by atoms with Gasteiger partial charge in [-0.3, -0.25) is 9.69 Å². The smallest absolute Gasteiger partial charge is 0.338 e. The Morgan fingerprint density at radius 2 is 1.87 bits per heavy atom. The fourth-order valence-electron chi connectivity index (χ4n) is 2.18. The molecule has 6 heteroatoms. The van der Waals surface area contributed by atoms with E-state index in [9.17, 15) is 9.59 Å². The first kappa shape index (κ1) is 17.4. The van der Waals surface area contributed by atoms with Gasteiger partial charge in [0, 0.05) is 18.8 Å². The average Bonchev–Trinajstić information content (AvgIpc) is 2.54. The van der Waals surface area contributed by atoms with Crippen LogP contribution in [0.4, 0.5) is 5.69 Å². The van der Waals surface area contributed by atoms with Crippen LogP contribution in [0.5, 0.6) is 0 Å². The van der Waals surface area contributed by atoms with Gasteiger partial charge < -0.3 is 14.8 Å². The van der Waals surface area contributed by atoms with E-state index < -0.39 is 0 Å². The number of benzene rings is 1. The zero-order chi connectivity index (χ0) is 16.7. The Kier molecular flexibility index (Phi) is 6.55. The molecule has 1 aliphatic heterocycles. The average molecular weight is 320 g/mol. The highest BCUT2D eigenvalue weighted by atomic mass is 16.5. The van der Waals surface area contributed by atoms with Crippen LogP contribution in [-0.2, 0) is 14.3 Å². The SMILES string of the molecule is CC(C)COC(=O)c1ccc(NC(=O)CN2CCOCC2)cc1. The molecule has 0 saturated carbocycles. The molecule has 0 atom stereocenters. The number of anilines is 1. The summed E-state index contributed by atoms with van der Waals surface area (Å²) >= 11 is 0. The lowest BCUT2D eigenvalue weighted by molar-refractivity contribution is -0.118. The van der Waals surface area contributed by atoms with E-state index in [0.717, 1.165) is 13.1 Å². The van der Waals surface area contributed by atoms with Gasteiger partial charge in [-0.15, -0.1) is 0 Å². The third kappa shape index (κ3) is 6.00. The predicted molar refractivity (Wildman–Crippen MR) is 87.5 cm³/mol. The van der Waals surface area contributed by atoms with Gasteiger partial charge in [-0.25, -0.2) is 4.79 Å². The van der Waals surface area contributed by atoms with E-state index in [1.165, 1.54) is 0 Å². The van der Waals surface area contributed by atoms with Gasteiger partial charge in [0.05, 0.1) is 31.9 Å². The molecule has 0 unspecified atom stereocenters. The number of nitrogens with one attached hydrogen (secondary N) is 1. The van der Waals surface area contributed by atoms with Crippen molar-refractivity contribution >= 4 is 17.6 Å². The Labute approximate surface area is 136 Å². The van der Waals surface area contributed by atoms with E-state index in [1.807, 2.05) is 13.8 Å². The number of hydrogen-bond acceptors (Lipinski definition) is 5. The number of ether oxygens (including phenoxy) is 2. The molecule has 1 N–H and O–H groups in total. The number of esters is 1. The molecule has 1 aromatic rings. The van der Waals surface area contributed by atoms with Crippen LogP contribution < -0.4 is 5.32 Å². The zero-order valence-electron chi connectivity index (χ0n) is 13.7. The molecule has 1 aliphatic rings. The summed E-state index contributed by atoms with van der Waals surface area (Å²) in [5.41, 5.74) is 1.15. The van der Waals surface area contributed by atoms with E-state index in [2.05, 4.69) is 10.2 Å². The van der Waals surface area contributed by atoms with Crippen LogP contribution in [0.3, 0.4) is 0 Å². The van der Waals surface area contributed by atoms with Crippen LogP contribution in [-0.4, -0.2) is 56.2 Å². The lowest BCUT2D eigenvalue weighted by Crippen LogP contribution is -2.41. The molecule has 1 saturated heterocycles. The number of morpholine rings is 1. The van der Waals surface area contributed by atoms with Crippen molar-refractivity contribution in [3.8, 4) is 0 Å². The van der Waals surface area contributed by atoms with Gasteiger partial charge in [-0.05, 0) is 30.2 Å². The molecule has 1 amide bonds. The van der Waals surface area contributed by atoms with Crippen molar-refractivity contribution in [2.24, 2.45) is 5.92 Å². The Morgan fingerprint density at radius 1 is 1.22 bits per heavy atom. The quantitative estimate of drug-likeness (QED) is 0.809. The third-order valence-corrected chi connectivity index (χ3v) is 3.42. The lowest BCUT2D eigenvalue weighted by Gasteiger charge is -2.25. The second-order valence-corrected chi connectivity index (χ2v) is 6.01. The number of amides is 1. The van der Waals surface area contributed by atoms with Gasteiger partial charge in [0.25, 0.3) is 0 Å². The molecule has 6 nitrogen and oxygen atoms in total. The van der Waals surface area contributed by atoms with Gasteiger partial charge in [-0.2, -0.15) is 0 Å². The molecular formula is C17H24N2O4. The molecule has 126 valence electrons. The van der Waals surface area contributed by atoms with Crippen LogP contribution >= 0.6 is 0 Å². The molecular weight excluding hydrogens is 296 g/mol. The van der Waals surface area contributed by atoms with E-state index in [4.69, 9.17) is 9.47 Å². The van der Waals surface area contributed by atoms with Gasteiger partial charge in [0.15, 0.2) is 0 Å². The summed E-state index contributed by atoms with van der Waals surface area (Å²) in [6.45, 7) is 7.60. The second-order valence-electron chi connectivity index (χ2n) is 6.01. The molecule has 0 bridgehead atoms. The van der Waals surface area contributed by atoms with Crippen LogP contribution in [0.1, 0.15) is 24.2 Å². The molecule has 2 rings (SSSR count). The molecule has 23 heavy (non-hydrogen) atoms. The minimum atomic E-state index is -0.343. The summed E-state index contributed by atoms with van der Waals surface area (Å²) in [5, 5.41) is 2.83. The molecule has 1 heterocycles. The monoisotopic (exact) mass is 320 g/mol. The number of hydrogen-bond donors (Lipinski definition) is 1. The molecule has 0 spiro atoms. The minimum Gasteiger partial charge on any atom is -0.462 e. The Hall–Kier alpha value is -1.92. The van der Waals surface area contributed by atoms with Crippen molar-refractivity contribution in [1.29, 1.82) is 0 Å².